The molecule has 0 atom stereocenters. The molecule has 1 aromatic carbocycles. The van der Waals surface area contributed by atoms with Crippen molar-refractivity contribution in [1.82, 2.24) is 14.5 Å². The lowest BCUT2D eigenvalue weighted by atomic mass is 10.1. The fourth-order valence-corrected chi connectivity index (χ4v) is 2.53. The number of pyridine rings is 1. The van der Waals surface area contributed by atoms with Crippen LogP contribution >= 0.6 is 0 Å². The summed E-state index contributed by atoms with van der Waals surface area (Å²) in [6, 6.07) is 11.9. The molecule has 2 aromatic heterocycles. The Balaban J connectivity index is 1.51. The van der Waals surface area contributed by atoms with E-state index in [0.29, 0.717) is 23.0 Å². The predicted octanol–water partition coefficient (Wildman–Crippen LogP) is 1.67. The van der Waals surface area contributed by atoms with E-state index in [9.17, 15) is 9.59 Å². The number of hydrogen-bond acceptors (Lipinski definition) is 6. The third-order valence-electron chi connectivity index (χ3n) is 3.79. The van der Waals surface area contributed by atoms with E-state index >= 15 is 0 Å². The van der Waals surface area contributed by atoms with Gasteiger partial charge in [0, 0.05) is 17.8 Å². The fraction of sp³-hybridized carbons (Fsp3) is 0.111. The number of aromatic nitrogens is 3. The number of carbonyl (C=O) groups is 1. The molecule has 0 saturated carbocycles. The molecule has 4 rings (SSSR count). The van der Waals surface area contributed by atoms with Crippen LogP contribution in [-0.4, -0.2) is 27.2 Å². The van der Waals surface area contributed by atoms with Crippen LogP contribution in [0.5, 0.6) is 11.5 Å². The molecule has 0 bridgehead atoms. The summed E-state index contributed by atoms with van der Waals surface area (Å²) in [5, 5.41) is 2.62. The van der Waals surface area contributed by atoms with Crippen LogP contribution in [-0.2, 0) is 11.3 Å². The number of hydrogen-bond donors (Lipinski definition) is 1. The molecular weight excluding hydrogens is 336 g/mol. The molecule has 8 nitrogen and oxygen atoms in total. The van der Waals surface area contributed by atoms with Crippen LogP contribution in [0.2, 0.25) is 0 Å². The van der Waals surface area contributed by atoms with Gasteiger partial charge in [-0.2, -0.15) is 0 Å². The highest BCUT2D eigenvalue weighted by Crippen LogP contribution is 2.35. The van der Waals surface area contributed by atoms with Crippen LogP contribution < -0.4 is 20.3 Å². The highest BCUT2D eigenvalue weighted by Gasteiger charge is 2.15. The summed E-state index contributed by atoms with van der Waals surface area (Å²) >= 11 is 0. The minimum Gasteiger partial charge on any atom is -0.454 e. The maximum Gasteiger partial charge on any atom is 0.254 e. The molecule has 1 N–H and O–H groups in total. The van der Waals surface area contributed by atoms with Crippen molar-refractivity contribution in [3.8, 4) is 22.8 Å². The minimum absolute atomic E-state index is 0.149. The smallest absolute Gasteiger partial charge is 0.254 e. The lowest BCUT2D eigenvalue weighted by Crippen LogP contribution is -2.27. The highest BCUT2D eigenvalue weighted by molar-refractivity contribution is 5.89. The first-order valence-corrected chi connectivity index (χ1v) is 7.86. The maximum absolute atomic E-state index is 12.3. The molecule has 8 heteroatoms. The first kappa shape index (κ1) is 15.8. The average molecular weight is 350 g/mol. The van der Waals surface area contributed by atoms with Crippen molar-refractivity contribution in [3.05, 3.63) is 65.3 Å². The largest absolute Gasteiger partial charge is 0.454 e. The molecule has 130 valence electrons. The van der Waals surface area contributed by atoms with Crippen LogP contribution in [0, 0.1) is 0 Å². The number of anilines is 1. The molecule has 1 aliphatic rings. The average Bonchev–Trinajstić information content (AvgIpc) is 3.12. The van der Waals surface area contributed by atoms with E-state index in [1.165, 1.54) is 17.0 Å². The van der Waals surface area contributed by atoms with E-state index < -0.39 is 0 Å². The van der Waals surface area contributed by atoms with E-state index in [4.69, 9.17) is 9.47 Å². The number of fused-ring (bicyclic) bond motifs is 1. The van der Waals surface area contributed by atoms with Crippen molar-refractivity contribution >= 4 is 11.7 Å². The lowest BCUT2D eigenvalue weighted by Gasteiger charge is -2.08. The Bertz CT molecular complexity index is 1020. The molecule has 0 spiro atoms. The van der Waals surface area contributed by atoms with E-state index in [0.717, 1.165) is 5.56 Å². The monoisotopic (exact) mass is 350 g/mol. The van der Waals surface area contributed by atoms with E-state index in [-0.39, 0.29) is 24.8 Å². The van der Waals surface area contributed by atoms with Crippen LogP contribution in [0.1, 0.15) is 0 Å². The maximum atomic E-state index is 12.3. The number of amides is 1. The zero-order valence-corrected chi connectivity index (χ0v) is 13.6. The van der Waals surface area contributed by atoms with Gasteiger partial charge in [-0.25, -0.2) is 9.97 Å². The SMILES string of the molecule is O=C(Cn1cnc(-c2ccc3c(c2)OCO3)cc1=O)Nc1ccccn1. The quantitative estimate of drug-likeness (QED) is 0.769. The van der Waals surface area contributed by atoms with Crippen LogP contribution in [0.4, 0.5) is 5.82 Å². The molecule has 1 amide bonds. The summed E-state index contributed by atoms with van der Waals surface area (Å²) in [5.41, 5.74) is 0.898. The predicted molar refractivity (Wildman–Crippen MR) is 92.9 cm³/mol. The fourth-order valence-electron chi connectivity index (χ4n) is 2.53. The van der Waals surface area contributed by atoms with Crippen molar-refractivity contribution in [2.24, 2.45) is 0 Å². The van der Waals surface area contributed by atoms with Gasteiger partial charge in [0.25, 0.3) is 5.56 Å². The van der Waals surface area contributed by atoms with Gasteiger partial charge in [-0.15, -0.1) is 0 Å². The number of benzene rings is 1. The van der Waals surface area contributed by atoms with Gasteiger partial charge in [0.15, 0.2) is 11.5 Å². The number of carbonyl (C=O) groups excluding carboxylic acids is 1. The van der Waals surface area contributed by atoms with Crippen molar-refractivity contribution in [2.45, 2.75) is 6.54 Å². The third-order valence-corrected chi connectivity index (χ3v) is 3.79. The van der Waals surface area contributed by atoms with Gasteiger partial charge in [0.2, 0.25) is 12.7 Å². The summed E-state index contributed by atoms with van der Waals surface area (Å²) < 4.78 is 11.8. The molecule has 3 aromatic rings. The zero-order chi connectivity index (χ0) is 17.9. The van der Waals surface area contributed by atoms with Crippen molar-refractivity contribution in [3.63, 3.8) is 0 Å². The van der Waals surface area contributed by atoms with Crippen LogP contribution in [0.25, 0.3) is 11.3 Å². The van der Waals surface area contributed by atoms with Crippen molar-refractivity contribution in [1.29, 1.82) is 0 Å². The molecule has 0 radical (unpaired) electrons. The highest BCUT2D eigenvalue weighted by atomic mass is 16.7. The zero-order valence-electron chi connectivity index (χ0n) is 13.6. The van der Waals surface area contributed by atoms with Crippen molar-refractivity contribution in [2.75, 3.05) is 12.1 Å². The Morgan fingerprint density at radius 1 is 1.12 bits per heavy atom. The molecule has 0 fully saturated rings. The molecule has 0 unspecified atom stereocenters. The minimum atomic E-state index is -0.358. The Morgan fingerprint density at radius 2 is 2.00 bits per heavy atom. The van der Waals surface area contributed by atoms with Crippen LogP contribution in [0.3, 0.4) is 0 Å². The van der Waals surface area contributed by atoms with Gasteiger partial charge in [-0.05, 0) is 30.3 Å². The molecule has 26 heavy (non-hydrogen) atoms. The normalized spacial score (nSPS) is 12.0. The third kappa shape index (κ3) is 3.25. The summed E-state index contributed by atoms with van der Waals surface area (Å²) in [6.45, 7) is 0.0308. The van der Waals surface area contributed by atoms with E-state index in [1.54, 1.807) is 42.6 Å². The summed E-state index contributed by atoms with van der Waals surface area (Å²) in [5.74, 6) is 1.34. The van der Waals surface area contributed by atoms with Crippen LogP contribution in [0.15, 0.2) is 59.8 Å². The van der Waals surface area contributed by atoms with E-state index in [2.05, 4.69) is 15.3 Å². The van der Waals surface area contributed by atoms with E-state index in [1.807, 2.05) is 0 Å². The second-order valence-electron chi connectivity index (χ2n) is 5.57. The molecular formula is C18H14N4O4. The number of nitrogens with one attached hydrogen (secondary N) is 1. The van der Waals surface area contributed by atoms with Gasteiger partial charge in [0.05, 0.1) is 12.0 Å². The lowest BCUT2D eigenvalue weighted by molar-refractivity contribution is -0.116. The first-order valence-electron chi connectivity index (χ1n) is 7.86. The Morgan fingerprint density at radius 3 is 2.81 bits per heavy atom. The summed E-state index contributed by atoms with van der Waals surface area (Å²) in [7, 11) is 0. The Labute approximate surface area is 148 Å². The summed E-state index contributed by atoms with van der Waals surface area (Å²) in [4.78, 5) is 32.6. The number of ether oxygens (including phenoxy) is 2. The van der Waals surface area contributed by atoms with Gasteiger partial charge < -0.3 is 14.8 Å². The first-order chi connectivity index (χ1) is 12.7. The number of rotatable bonds is 4. The standard InChI is InChI=1S/C18H14N4O4/c23-17(21-16-3-1-2-6-19-16)9-22-10-20-13(8-18(22)24)12-4-5-14-15(7-12)26-11-25-14/h1-8,10H,9,11H2,(H,19,21,23). The molecule has 3 heterocycles. The Kier molecular flexibility index (Phi) is 4.06. The van der Waals surface area contributed by atoms with Crippen molar-refractivity contribution < 1.29 is 14.3 Å². The number of nitrogens with zero attached hydrogens (tertiary/aromatic N) is 3. The molecule has 0 saturated heterocycles. The van der Waals surface area contributed by atoms with Gasteiger partial charge in [0.1, 0.15) is 12.4 Å². The van der Waals surface area contributed by atoms with Gasteiger partial charge in [-0.1, -0.05) is 6.07 Å². The topological polar surface area (TPSA) is 95.3 Å². The Hall–Kier alpha value is -3.68. The second-order valence-corrected chi connectivity index (χ2v) is 5.57. The molecule has 0 aliphatic carbocycles. The van der Waals surface area contributed by atoms with Gasteiger partial charge in [-0.3, -0.25) is 14.2 Å². The second kappa shape index (κ2) is 6.67. The summed E-state index contributed by atoms with van der Waals surface area (Å²) in [6.07, 6.45) is 2.92. The molecule has 1 aliphatic heterocycles. The van der Waals surface area contributed by atoms with Gasteiger partial charge >= 0.3 is 0 Å².